The second-order valence-electron chi connectivity index (χ2n) is 8.53. The molecule has 192 valence electrons. The number of rotatable bonds is 10. The van der Waals surface area contributed by atoms with Gasteiger partial charge < -0.3 is 25.0 Å². The largest absolute Gasteiger partial charge is 0.486 e. The van der Waals surface area contributed by atoms with Crippen LogP contribution in [0.2, 0.25) is 5.02 Å². The summed E-state index contributed by atoms with van der Waals surface area (Å²) in [6.07, 6.45) is 11.1. The molecule has 0 unspecified atom stereocenters. The lowest BCUT2D eigenvalue weighted by Gasteiger charge is -2.18. The Morgan fingerprint density at radius 2 is 2.11 bits per heavy atom. The van der Waals surface area contributed by atoms with Crippen LogP contribution in [0.5, 0.6) is 5.75 Å². The zero-order valence-electron chi connectivity index (χ0n) is 21.0. The third-order valence-corrected chi connectivity index (χ3v) is 6.42. The van der Waals surface area contributed by atoms with Gasteiger partial charge in [0, 0.05) is 36.1 Å². The van der Waals surface area contributed by atoms with Crippen molar-refractivity contribution < 1.29 is 14.3 Å². The maximum absolute atomic E-state index is 12.8. The number of aromatic nitrogens is 2. The van der Waals surface area contributed by atoms with Gasteiger partial charge in [0.25, 0.3) is 0 Å². The van der Waals surface area contributed by atoms with Crippen molar-refractivity contribution in [3.63, 3.8) is 0 Å². The zero-order valence-corrected chi connectivity index (χ0v) is 21.7. The van der Waals surface area contributed by atoms with Gasteiger partial charge in [-0.15, -0.1) is 6.42 Å². The molecule has 9 heteroatoms. The van der Waals surface area contributed by atoms with E-state index in [-0.39, 0.29) is 12.0 Å². The van der Waals surface area contributed by atoms with Gasteiger partial charge in [0.15, 0.2) is 0 Å². The van der Waals surface area contributed by atoms with Gasteiger partial charge in [0.05, 0.1) is 35.1 Å². The number of halogens is 1. The van der Waals surface area contributed by atoms with Crippen LogP contribution in [0.1, 0.15) is 25.8 Å². The second-order valence-corrected chi connectivity index (χ2v) is 8.94. The number of fused-ring (bicyclic) bond motifs is 1. The number of benzene rings is 2. The van der Waals surface area contributed by atoms with Crippen molar-refractivity contribution in [3.8, 4) is 18.1 Å². The average Bonchev–Trinajstić information content (AvgIpc) is 3.42. The minimum absolute atomic E-state index is 0.101. The fourth-order valence-corrected chi connectivity index (χ4v) is 4.13. The van der Waals surface area contributed by atoms with Gasteiger partial charge in [0.1, 0.15) is 24.0 Å². The van der Waals surface area contributed by atoms with Crippen LogP contribution in [-0.2, 0) is 9.53 Å². The van der Waals surface area contributed by atoms with E-state index in [1.54, 1.807) is 30.3 Å². The third kappa shape index (κ3) is 6.77. The summed E-state index contributed by atoms with van der Waals surface area (Å²) < 4.78 is 11.7. The number of amides is 1. The Morgan fingerprint density at radius 1 is 1.27 bits per heavy atom. The summed E-state index contributed by atoms with van der Waals surface area (Å²) in [5, 5.41) is 7.39. The lowest BCUT2D eigenvalue weighted by atomic mass is 10.1. The smallest absolute Gasteiger partial charge is 0.248 e. The molecule has 1 amide bonds. The van der Waals surface area contributed by atoms with Gasteiger partial charge in [-0.2, -0.15) is 0 Å². The number of hydrogen-bond acceptors (Lipinski definition) is 7. The van der Waals surface area contributed by atoms with Gasteiger partial charge in [-0.1, -0.05) is 37.4 Å². The normalized spacial score (nSPS) is 15.3. The van der Waals surface area contributed by atoms with Crippen LogP contribution in [0.15, 0.2) is 48.8 Å². The minimum Gasteiger partial charge on any atom is -0.486 e. The number of nitrogens with one attached hydrogen (secondary N) is 2. The molecule has 1 saturated heterocycles. The molecule has 2 aromatic carbocycles. The van der Waals surface area contributed by atoms with Crippen molar-refractivity contribution >= 4 is 45.6 Å². The molecule has 1 aliphatic heterocycles. The number of hydrogen-bond donors (Lipinski definition) is 2. The van der Waals surface area contributed by atoms with Crippen molar-refractivity contribution in [2.75, 3.05) is 43.5 Å². The van der Waals surface area contributed by atoms with Crippen LogP contribution in [0.25, 0.3) is 10.9 Å². The summed E-state index contributed by atoms with van der Waals surface area (Å²) in [5.41, 5.74) is 2.46. The second kappa shape index (κ2) is 12.5. The molecule has 2 N–H and O–H groups in total. The molecule has 3 aromatic rings. The van der Waals surface area contributed by atoms with Gasteiger partial charge in [0.2, 0.25) is 5.91 Å². The first-order valence-electron chi connectivity index (χ1n) is 12.3. The predicted octanol–water partition coefficient (Wildman–Crippen LogP) is 5.01. The molecule has 0 radical (unpaired) electrons. The van der Waals surface area contributed by atoms with Gasteiger partial charge in [-0.25, -0.2) is 9.97 Å². The van der Waals surface area contributed by atoms with E-state index in [0.29, 0.717) is 64.2 Å². The first-order chi connectivity index (χ1) is 18.0. The molecule has 37 heavy (non-hydrogen) atoms. The molecule has 1 fully saturated rings. The molecule has 1 aliphatic rings. The summed E-state index contributed by atoms with van der Waals surface area (Å²) >= 11 is 6.39. The van der Waals surface area contributed by atoms with Crippen molar-refractivity contribution in [2.45, 2.75) is 26.4 Å². The molecule has 1 atom stereocenters. The first kappa shape index (κ1) is 26.4. The summed E-state index contributed by atoms with van der Waals surface area (Å²) in [4.78, 5) is 23.9. The van der Waals surface area contributed by atoms with Crippen molar-refractivity contribution in [3.05, 3.63) is 59.4 Å². The van der Waals surface area contributed by atoms with E-state index in [9.17, 15) is 4.79 Å². The van der Waals surface area contributed by atoms with E-state index in [0.717, 1.165) is 19.5 Å². The number of carbonyl (C=O) groups is 1. The van der Waals surface area contributed by atoms with Crippen LogP contribution in [0.3, 0.4) is 0 Å². The Bertz CT molecular complexity index is 1330. The molecular weight excluding hydrogens is 490 g/mol. The van der Waals surface area contributed by atoms with Crippen molar-refractivity contribution in [1.82, 2.24) is 14.9 Å². The highest BCUT2D eigenvalue weighted by Crippen LogP contribution is 2.35. The molecule has 0 bridgehead atoms. The Kier molecular flexibility index (Phi) is 8.96. The third-order valence-electron chi connectivity index (χ3n) is 6.09. The molecule has 1 aromatic heterocycles. The van der Waals surface area contributed by atoms with Crippen molar-refractivity contribution in [2.24, 2.45) is 0 Å². The number of ether oxygens (including phenoxy) is 2. The minimum atomic E-state index is -0.254. The monoisotopic (exact) mass is 519 g/mol. The van der Waals surface area contributed by atoms with E-state index in [2.05, 4.69) is 45.3 Å². The fraction of sp³-hybridized carbons (Fsp3) is 0.321. The number of carbonyl (C=O) groups excluding carboxylic acids is 1. The van der Waals surface area contributed by atoms with E-state index in [1.807, 2.05) is 6.08 Å². The van der Waals surface area contributed by atoms with E-state index in [4.69, 9.17) is 27.5 Å². The Labute approximate surface area is 222 Å². The summed E-state index contributed by atoms with van der Waals surface area (Å²) in [7, 11) is 0. The average molecular weight is 520 g/mol. The molecule has 8 nitrogen and oxygen atoms in total. The molecule has 4 rings (SSSR count). The van der Waals surface area contributed by atoms with Crippen LogP contribution >= 0.6 is 11.6 Å². The predicted molar refractivity (Wildman–Crippen MR) is 148 cm³/mol. The zero-order chi connectivity index (χ0) is 26.2. The van der Waals surface area contributed by atoms with Crippen LogP contribution in [0.4, 0.5) is 17.2 Å². The number of terminal acetylenes is 1. The van der Waals surface area contributed by atoms with Gasteiger partial charge >= 0.3 is 0 Å². The lowest BCUT2D eigenvalue weighted by molar-refractivity contribution is -0.111. The van der Waals surface area contributed by atoms with E-state index < -0.39 is 0 Å². The number of likely N-dealkylation sites (N-methyl/N-ethyl adjacent to an activating group) is 1. The SMILES string of the molecule is C#Cc1ccc(Cl)c(Nc2ncnc3cc(O[C@H]4CCOC4)c(NC(=O)C=CCN(CC)CC)cc23)c1. The highest BCUT2D eigenvalue weighted by atomic mass is 35.5. The number of anilines is 3. The Balaban J connectivity index is 1.67. The standard InChI is InChI=1S/C28H30ClN5O3/c1-4-19-9-10-22(29)24(14-19)33-28-21-15-25(32-27(35)8-7-12-34(5-2)6-3)26(16-23(21)30-18-31-28)37-20-11-13-36-17-20/h1,7-10,14-16,18,20H,5-6,11-13,17H2,2-3H3,(H,32,35)(H,30,31,33)/t20-/m0/s1. The quantitative estimate of drug-likeness (QED) is 0.287. The summed E-state index contributed by atoms with van der Waals surface area (Å²) in [6, 6.07) is 8.88. The fourth-order valence-electron chi connectivity index (χ4n) is 3.97. The summed E-state index contributed by atoms with van der Waals surface area (Å²) in [5.74, 6) is 3.39. The molecule has 0 saturated carbocycles. The highest BCUT2D eigenvalue weighted by molar-refractivity contribution is 6.33. The maximum Gasteiger partial charge on any atom is 0.248 e. The molecular formula is C28H30ClN5O3. The molecule has 0 spiro atoms. The van der Waals surface area contributed by atoms with E-state index >= 15 is 0 Å². The Morgan fingerprint density at radius 3 is 2.84 bits per heavy atom. The van der Waals surface area contributed by atoms with Crippen LogP contribution in [0, 0.1) is 12.3 Å². The van der Waals surface area contributed by atoms with Gasteiger partial charge in [-0.3, -0.25) is 4.79 Å². The first-order valence-corrected chi connectivity index (χ1v) is 12.6. The Hall–Kier alpha value is -3.64. The summed E-state index contributed by atoms with van der Waals surface area (Å²) in [6.45, 7) is 7.84. The van der Waals surface area contributed by atoms with Gasteiger partial charge in [-0.05, 0) is 37.4 Å². The topological polar surface area (TPSA) is 88.6 Å². The molecule has 2 heterocycles. The number of nitrogens with zero attached hydrogens (tertiary/aromatic N) is 3. The van der Waals surface area contributed by atoms with Crippen LogP contribution in [-0.4, -0.2) is 59.7 Å². The van der Waals surface area contributed by atoms with Crippen molar-refractivity contribution in [1.29, 1.82) is 0 Å². The van der Waals surface area contributed by atoms with Crippen LogP contribution < -0.4 is 15.4 Å². The molecule has 0 aliphatic carbocycles. The maximum atomic E-state index is 12.8. The highest BCUT2D eigenvalue weighted by Gasteiger charge is 2.21. The van der Waals surface area contributed by atoms with E-state index in [1.165, 1.54) is 12.4 Å². The lowest BCUT2D eigenvalue weighted by Crippen LogP contribution is -2.23.